The third-order valence-electron chi connectivity index (χ3n) is 2.87. The minimum atomic E-state index is 0.269. The van der Waals surface area contributed by atoms with E-state index < -0.39 is 0 Å². The number of nitrogens with two attached hydrogens (primary N) is 1. The summed E-state index contributed by atoms with van der Waals surface area (Å²) in [4.78, 5) is 4.09. The molecule has 0 aliphatic carbocycles. The van der Waals surface area contributed by atoms with Gasteiger partial charge < -0.3 is 5.73 Å². The number of nitrogen functional groups attached to an aromatic ring is 1. The van der Waals surface area contributed by atoms with E-state index in [2.05, 4.69) is 46.9 Å². The molecule has 0 bridgehead atoms. The molecule has 1 unspecified atom stereocenters. The van der Waals surface area contributed by atoms with Crippen LogP contribution in [0.15, 0.2) is 24.3 Å². The van der Waals surface area contributed by atoms with E-state index in [0.29, 0.717) is 11.7 Å². The van der Waals surface area contributed by atoms with Gasteiger partial charge in [-0.25, -0.2) is 0 Å². The normalized spacial score (nSPS) is 12.6. The van der Waals surface area contributed by atoms with Crippen LogP contribution < -0.4 is 5.73 Å². The van der Waals surface area contributed by atoms with Crippen LogP contribution in [0.25, 0.3) is 11.4 Å². The second-order valence-electron chi connectivity index (χ2n) is 3.95. The summed E-state index contributed by atoms with van der Waals surface area (Å²) in [5.74, 6) is 2.34. The number of aromatic amines is 1. The third kappa shape index (κ3) is 2.61. The van der Waals surface area contributed by atoms with E-state index in [9.17, 15) is 0 Å². The van der Waals surface area contributed by atoms with Crippen molar-refractivity contribution in [1.29, 1.82) is 0 Å². The Morgan fingerprint density at radius 3 is 2.53 bits per heavy atom. The van der Waals surface area contributed by atoms with Gasteiger partial charge in [-0.3, -0.25) is 5.10 Å². The second kappa shape index (κ2) is 5.23. The molecule has 3 N–H and O–H groups in total. The lowest BCUT2D eigenvalue weighted by atomic mass is 9.97. The van der Waals surface area contributed by atoms with E-state index in [-0.39, 0.29) is 5.95 Å². The predicted molar refractivity (Wildman–Crippen MR) is 73.1 cm³/mol. The molecule has 0 saturated carbocycles. The zero-order valence-electron chi connectivity index (χ0n) is 9.72. The highest BCUT2D eigenvalue weighted by molar-refractivity contribution is 7.80. The van der Waals surface area contributed by atoms with Crippen molar-refractivity contribution in [3.8, 4) is 11.4 Å². The molecule has 0 aliphatic heterocycles. The first-order chi connectivity index (χ1) is 8.24. The maximum Gasteiger partial charge on any atom is 0.239 e. The van der Waals surface area contributed by atoms with Crippen LogP contribution in [0.5, 0.6) is 0 Å². The Labute approximate surface area is 106 Å². The molecule has 1 aromatic carbocycles. The van der Waals surface area contributed by atoms with Gasteiger partial charge in [0.15, 0.2) is 5.82 Å². The maximum atomic E-state index is 5.47. The maximum absolute atomic E-state index is 5.47. The first kappa shape index (κ1) is 12.0. The number of nitrogens with zero attached hydrogens (tertiary/aromatic N) is 2. The molecular weight excluding hydrogens is 232 g/mol. The molecule has 17 heavy (non-hydrogen) atoms. The average molecular weight is 248 g/mol. The van der Waals surface area contributed by atoms with E-state index in [1.54, 1.807) is 0 Å². The first-order valence-electron chi connectivity index (χ1n) is 5.63. The smallest absolute Gasteiger partial charge is 0.239 e. The quantitative estimate of drug-likeness (QED) is 0.728. The van der Waals surface area contributed by atoms with Crippen LogP contribution in [0.3, 0.4) is 0 Å². The monoisotopic (exact) mass is 248 g/mol. The van der Waals surface area contributed by atoms with Crippen LogP contribution in [0.2, 0.25) is 0 Å². The van der Waals surface area contributed by atoms with E-state index in [4.69, 9.17) is 5.73 Å². The lowest BCUT2D eigenvalue weighted by Gasteiger charge is -2.12. The highest BCUT2D eigenvalue weighted by Crippen LogP contribution is 2.23. The van der Waals surface area contributed by atoms with Crippen molar-refractivity contribution in [2.45, 2.75) is 19.3 Å². The third-order valence-corrected chi connectivity index (χ3v) is 3.31. The molecular formula is C12H16N4S. The Morgan fingerprint density at radius 2 is 2.06 bits per heavy atom. The highest BCUT2D eigenvalue weighted by atomic mass is 32.1. The van der Waals surface area contributed by atoms with Crippen molar-refractivity contribution < 1.29 is 0 Å². The zero-order valence-corrected chi connectivity index (χ0v) is 10.6. The summed E-state index contributed by atoms with van der Waals surface area (Å²) in [6.45, 7) is 2.17. The van der Waals surface area contributed by atoms with E-state index in [1.165, 1.54) is 5.56 Å². The van der Waals surface area contributed by atoms with Gasteiger partial charge in [0.05, 0.1) is 0 Å². The number of rotatable bonds is 4. The molecule has 1 heterocycles. The molecule has 0 fully saturated rings. The fourth-order valence-electron chi connectivity index (χ4n) is 1.79. The lowest BCUT2D eigenvalue weighted by Crippen LogP contribution is -1.98. The SMILES string of the molecule is CCC(CS)c1ccc(-c2nc(N)n[nH]2)cc1. The van der Waals surface area contributed by atoms with E-state index >= 15 is 0 Å². The first-order valence-corrected chi connectivity index (χ1v) is 6.27. The van der Waals surface area contributed by atoms with Crippen molar-refractivity contribution in [1.82, 2.24) is 15.2 Å². The second-order valence-corrected chi connectivity index (χ2v) is 4.32. The molecule has 2 aromatic rings. The summed E-state index contributed by atoms with van der Waals surface area (Å²) in [6, 6.07) is 8.28. The number of H-pyrrole nitrogens is 1. The molecule has 0 spiro atoms. The number of aromatic nitrogens is 3. The van der Waals surface area contributed by atoms with Gasteiger partial charge in [0, 0.05) is 5.56 Å². The molecule has 4 nitrogen and oxygen atoms in total. The molecule has 5 heteroatoms. The summed E-state index contributed by atoms with van der Waals surface area (Å²) in [5.41, 5.74) is 7.77. The van der Waals surface area contributed by atoms with Gasteiger partial charge in [-0.05, 0) is 23.7 Å². The Bertz CT molecular complexity index is 474. The van der Waals surface area contributed by atoms with Crippen LogP contribution >= 0.6 is 12.6 Å². The number of hydrogen-bond donors (Lipinski definition) is 3. The Kier molecular flexibility index (Phi) is 3.68. The summed E-state index contributed by atoms with van der Waals surface area (Å²) in [7, 11) is 0. The molecule has 1 aromatic heterocycles. The minimum absolute atomic E-state index is 0.269. The number of benzene rings is 1. The Hall–Kier alpha value is -1.49. The lowest BCUT2D eigenvalue weighted by molar-refractivity contribution is 0.746. The van der Waals surface area contributed by atoms with Gasteiger partial charge in [-0.2, -0.15) is 17.6 Å². The molecule has 90 valence electrons. The predicted octanol–water partition coefficient (Wildman–Crippen LogP) is 2.48. The minimum Gasteiger partial charge on any atom is -0.366 e. The summed E-state index contributed by atoms with van der Waals surface area (Å²) >= 11 is 4.36. The summed E-state index contributed by atoms with van der Waals surface area (Å²) in [5, 5.41) is 6.61. The van der Waals surface area contributed by atoms with Crippen molar-refractivity contribution >= 4 is 18.6 Å². The highest BCUT2D eigenvalue weighted by Gasteiger charge is 2.08. The van der Waals surface area contributed by atoms with Crippen LogP contribution in [0.4, 0.5) is 5.95 Å². The van der Waals surface area contributed by atoms with Gasteiger partial charge in [0.25, 0.3) is 0 Å². The van der Waals surface area contributed by atoms with Crippen LogP contribution in [-0.2, 0) is 0 Å². The van der Waals surface area contributed by atoms with Gasteiger partial charge in [0.2, 0.25) is 5.95 Å². The molecule has 1 atom stereocenters. The molecule has 2 rings (SSSR count). The van der Waals surface area contributed by atoms with Gasteiger partial charge in [0.1, 0.15) is 0 Å². The number of thiol groups is 1. The average Bonchev–Trinajstić information content (AvgIpc) is 2.78. The fraction of sp³-hybridized carbons (Fsp3) is 0.333. The van der Waals surface area contributed by atoms with Crippen LogP contribution in [0.1, 0.15) is 24.8 Å². The Morgan fingerprint density at radius 1 is 1.35 bits per heavy atom. The standard InChI is InChI=1S/C12H16N4S/c1-2-8(7-17)9-3-5-10(6-4-9)11-14-12(13)16-15-11/h3-6,8,17H,2,7H2,1H3,(H3,13,14,15,16). The van der Waals surface area contributed by atoms with Crippen molar-refractivity contribution in [2.24, 2.45) is 0 Å². The van der Waals surface area contributed by atoms with Crippen LogP contribution in [-0.4, -0.2) is 20.9 Å². The van der Waals surface area contributed by atoms with Crippen LogP contribution in [0, 0.1) is 0 Å². The number of anilines is 1. The molecule has 0 saturated heterocycles. The fourth-order valence-corrected chi connectivity index (χ4v) is 2.26. The van der Waals surface area contributed by atoms with Crippen molar-refractivity contribution in [3.05, 3.63) is 29.8 Å². The topological polar surface area (TPSA) is 67.6 Å². The zero-order chi connectivity index (χ0) is 12.3. The summed E-state index contributed by atoms with van der Waals surface area (Å²) < 4.78 is 0. The van der Waals surface area contributed by atoms with E-state index in [1.807, 2.05) is 12.1 Å². The van der Waals surface area contributed by atoms with Gasteiger partial charge in [-0.1, -0.05) is 31.2 Å². The molecule has 0 radical (unpaired) electrons. The summed E-state index contributed by atoms with van der Waals surface area (Å²) in [6.07, 6.45) is 1.10. The van der Waals surface area contributed by atoms with Crippen molar-refractivity contribution in [2.75, 3.05) is 11.5 Å². The molecule has 0 amide bonds. The number of nitrogens with one attached hydrogen (secondary N) is 1. The molecule has 0 aliphatic rings. The Balaban J connectivity index is 2.23. The van der Waals surface area contributed by atoms with Gasteiger partial charge in [-0.15, -0.1) is 5.10 Å². The van der Waals surface area contributed by atoms with Gasteiger partial charge >= 0.3 is 0 Å². The number of hydrogen-bond acceptors (Lipinski definition) is 4. The van der Waals surface area contributed by atoms with Crippen molar-refractivity contribution in [3.63, 3.8) is 0 Å². The van der Waals surface area contributed by atoms with E-state index in [0.717, 1.165) is 17.7 Å². The largest absolute Gasteiger partial charge is 0.366 e.